The molecule has 45 heavy (non-hydrogen) atoms. The molecule has 0 spiro atoms. The van der Waals surface area contributed by atoms with E-state index in [0.717, 1.165) is 21.9 Å². The molecule has 0 saturated carbocycles. The molecule has 5 heteroatoms. The Hall–Kier alpha value is -4.17. The van der Waals surface area contributed by atoms with Crippen molar-refractivity contribution >= 4 is 10.8 Å². The van der Waals surface area contributed by atoms with Gasteiger partial charge in [-0.3, -0.25) is 14.4 Å². The van der Waals surface area contributed by atoms with Gasteiger partial charge in [0.15, 0.2) is 0 Å². The van der Waals surface area contributed by atoms with Gasteiger partial charge in [0.25, 0.3) is 0 Å². The maximum Gasteiger partial charge on any atom is 0.124 e. The van der Waals surface area contributed by atoms with Gasteiger partial charge < -0.3 is 5.11 Å². The van der Waals surface area contributed by atoms with Crippen molar-refractivity contribution in [1.29, 1.82) is 0 Å². The Balaban J connectivity index is 0.00000400. The monoisotopic (exact) mass is 685 g/mol. The molecule has 0 aliphatic rings. The summed E-state index contributed by atoms with van der Waals surface area (Å²) in [6.07, 6.45) is 1.76. The quantitative estimate of drug-likeness (QED) is 0.148. The molecule has 0 aliphatic heterocycles. The van der Waals surface area contributed by atoms with Crippen LogP contribution in [0.2, 0.25) is 0 Å². The van der Waals surface area contributed by atoms with Gasteiger partial charge in [0.1, 0.15) is 5.75 Å². The van der Waals surface area contributed by atoms with Crippen molar-refractivity contribution in [3.63, 3.8) is 0 Å². The topological polar surface area (TPSA) is 46.0 Å². The number of aromatic nitrogens is 2. The molecule has 0 unspecified atom stereocenters. The molecule has 1 N–H and O–H groups in total. The van der Waals surface area contributed by atoms with E-state index < -0.39 is 5.82 Å². The maximum absolute atomic E-state index is 15.3. The molecule has 0 radical (unpaired) electrons. The number of phenolic OH excluding ortho intramolecular Hbond substituents is 1. The minimum absolute atomic E-state index is 0. The zero-order valence-electron chi connectivity index (χ0n) is 26.4. The Labute approximate surface area is 278 Å². The van der Waals surface area contributed by atoms with Crippen molar-refractivity contribution in [2.45, 2.75) is 52.4 Å². The largest absolute Gasteiger partial charge is 0.507 e. The van der Waals surface area contributed by atoms with Crippen molar-refractivity contribution in [3.8, 4) is 50.6 Å². The number of rotatable bonds is 4. The average Bonchev–Trinajstić information content (AvgIpc) is 3.00. The summed E-state index contributed by atoms with van der Waals surface area (Å²) >= 11 is 0. The van der Waals surface area contributed by atoms with E-state index in [-0.39, 0.29) is 42.6 Å². The molecular formula is C40H36FN2OPd-. The van der Waals surface area contributed by atoms with Crippen LogP contribution in [0.1, 0.15) is 52.7 Å². The van der Waals surface area contributed by atoms with Crippen molar-refractivity contribution < 1.29 is 29.9 Å². The second-order valence-electron chi connectivity index (χ2n) is 13.5. The van der Waals surface area contributed by atoms with E-state index in [9.17, 15) is 5.11 Å². The van der Waals surface area contributed by atoms with Crippen LogP contribution in [-0.4, -0.2) is 15.1 Å². The van der Waals surface area contributed by atoms with Crippen LogP contribution >= 0.6 is 0 Å². The third-order valence-electron chi connectivity index (χ3n) is 8.06. The number of phenols is 1. The van der Waals surface area contributed by atoms with E-state index in [1.54, 1.807) is 24.4 Å². The number of aromatic hydroxyl groups is 1. The zero-order valence-corrected chi connectivity index (χ0v) is 27.9. The van der Waals surface area contributed by atoms with E-state index in [0.29, 0.717) is 28.2 Å². The molecule has 0 amide bonds. The van der Waals surface area contributed by atoms with Crippen LogP contribution in [-0.2, 0) is 31.3 Å². The Morgan fingerprint density at radius 2 is 1.24 bits per heavy atom. The molecule has 3 nitrogen and oxygen atoms in total. The third-order valence-corrected chi connectivity index (χ3v) is 8.06. The van der Waals surface area contributed by atoms with Gasteiger partial charge in [-0.05, 0) is 62.1 Å². The number of nitrogens with zero attached hydrogens (tertiary/aromatic N) is 2. The molecule has 6 aromatic rings. The second-order valence-corrected chi connectivity index (χ2v) is 13.5. The van der Waals surface area contributed by atoms with E-state index in [1.807, 2.05) is 54.6 Å². The Bertz CT molecular complexity index is 1990. The molecule has 4 aromatic carbocycles. The van der Waals surface area contributed by atoms with Crippen LogP contribution < -0.4 is 0 Å². The maximum atomic E-state index is 15.3. The fourth-order valence-corrected chi connectivity index (χ4v) is 5.36. The van der Waals surface area contributed by atoms with Crippen molar-refractivity contribution in [3.05, 3.63) is 126 Å². The van der Waals surface area contributed by atoms with Crippen LogP contribution in [0.4, 0.5) is 4.39 Å². The molecule has 0 saturated heterocycles. The van der Waals surface area contributed by atoms with Crippen LogP contribution in [0.15, 0.2) is 103 Å². The van der Waals surface area contributed by atoms with Gasteiger partial charge in [0.2, 0.25) is 0 Å². The summed E-state index contributed by atoms with van der Waals surface area (Å²) in [6, 6.07) is 34.2. The van der Waals surface area contributed by atoms with Gasteiger partial charge in [0, 0.05) is 43.6 Å². The molecule has 2 aromatic heterocycles. The SMILES string of the molecule is CC(C)(C)c1cc(-c2cc(-c3[c-]c(-c4cc5ccccc5cn4)c(F)cc3)nc(-c3ccccc3O)c2)cc(C(C)(C)C)c1.[Pd]. The molecule has 0 atom stereocenters. The summed E-state index contributed by atoms with van der Waals surface area (Å²) in [5.74, 6) is -0.257. The smallest absolute Gasteiger partial charge is 0.124 e. The Kier molecular flexibility index (Phi) is 8.82. The molecule has 6 rings (SSSR count). The first-order chi connectivity index (χ1) is 20.9. The van der Waals surface area contributed by atoms with Crippen molar-refractivity contribution in [2.24, 2.45) is 0 Å². The number of hydrogen-bond acceptors (Lipinski definition) is 3. The summed E-state index contributed by atoms with van der Waals surface area (Å²) in [7, 11) is 0. The van der Waals surface area contributed by atoms with Crippen molar-refractivity contribution in [2.75, 3.05) is 0 Å². The molecule has 0 aliphatic carbocycles. The third kappa shape index (κ3) is 6.76. The summed E-state index contributed by atoms with van der Waals surface area (Å²) in [6.45, 7) is 13.3. The van der Waals surface area contributed by atoms with Gasteiger partial charge in [-0.2, -0.15) is 0 Å². The van der Waals surface area contributed by atoms with Crippen LogP contribution in [0.5, 0.6) is 5.75 Å². The van der Waals surface area contributed by atoms with Gasteiger partial charge >= 0.3 is 0 Å². The normalized spacial score (nSPS) is 11.8. The average molecular weight is 686 g/mol. The standard InChI is InChI=1S/C40H36FN2O.Pd/c1-39(2,3)30-17-28(18-31(23-30)40(4,5)6)29-21-35(43-37(22-29)32-13-9-10-14-38(32)44)26-15-16-34(41)33(19-26)36-20-25-11-7-8-12-27(25)24-42-36;/h7-18,20-24,44H,1-6H3;/q-1;. The predicted octanol–water partition coefficient (Wildman–Crippen LogP) is 10.5. The van der Waals surface area contributed by atoms with Crippen molar-refractivity contribution in [1.82, 2.24) is 9.97 Å². The minimum atomic E-state index is -0.402. The first kappa shape index (κ1) is 32.2. The van der Waals surface area contributed by atoms with E-state index in [2.05, 4.69) is 70.8 Å². The second kappa shape index (κ2) is 12.3. The number of para-hydroxylation sites is 1. The Morgan fingerprint density at radius 1 is 0.644 bits per heavy atom. The van der Waals surface area contributed by atoms with Crippen LogP contribution in [0, 0.1) is 11.9 Å². The molecular weight excluding hydrogens is 650 g/mol. The molecule has 2 heterocycles. The van der Waals surface area contributed by atoms with Crippen LogP contribution in [0.25, 0.3) is 55.7 Å². The Morgan fingerprint density at radius 3 is 1.91 bits per heavy atom. The first-order valence-corrected chi connectivity index (χ1v) is 14.9. The minimum Gasteiger partial charge on any atom is -0.507 e. The predicted molar refractivity (Wildman–Crippen MR) is 179 cm³/mol. The number of halogens is 1. The summed E-state index contributed by atoms with van der Waals surface area (Å²) in [4.78, 5) is 9.54. The number of benzene rings is 4. The summed E-state index contributed by atoms with van der Waals surface area (Å²) < 4.78 is 15.3. The summed E-state index contributed by atoms with van der Waals surface area (Å²) in [5.41, 5.74) is 7.67. The van der Waals surface area contributed by atoms with E-state index in [1.165, 1.54) is 17.2 Å². The van der Waals surface area contributed by atoms with Crippen LogP contribution in [0.3, 0.4) is 0 Å². The van der Waals surface area contributed by atoms with Gasteiger partial charge in [-0.1, -0.05) is 125 Å². The van der Waals surface area contributed by atoms with E-state index in [4.69, 9.17) is 4.98 Å². The van der Waals surface area contributed by atoms with Gasteiger partial charge in [-0.15, -0.1) is 12.1 Å². The number of fused-ring (bicyclic) bond motifs is 1. The van der Waals surface area contributed by atoms with E-state index >= 15 is 4.39 Å². The fourth-order valence-electron chi connectivity index (χ4n) is 5.36. The van der Waals surface area contributed by atoms with Gasteiger partial charge in [0.05, 0.1) is 11.5 Å². The number of pyridine rings is 2. The number of hydrogen-bond donors (Lipinski definition) is 1. The summed E-state index contributed by atoms with van der Waals surface area (Å²) in [5, 5.41) is 12.8. The zero-order chi connectivity index (χ0) is 31.2. The molecule has 230 valence electrons. The fraction of sp³-hybridized carbons (Fsp3) is 0.200. The molecule has 0 bridgehead atoms. The first-order valence-electron chi connectivity index (χ1n) is 14.9. The van der Waals surface area contributed by atoms with Gasteiger partial charge in [-0.25, -0.2) is 0 Å². The molecule has 0 fully saturated rings.